The van der Waals surface area contributed by atoms with Gasteiger partial charge in [0.25, 0.3) is 1.43 Å². The Hall–Kier alpha value is -1.33. The van der Waals surface area contributed by atoms with Crippen molar-refractivity contribution >= 4 is 0 Å². The number of hydrogen-bond donors (Lipinski definition) is 1. The van der Waals surface area contributed by atoms with E-state index in [-0.39, 0.29) is 0 Å². The summed E-state index contributed by atoms with van der Waals surface area (Å²) in [6.45, 7) is 0. The van der Waals surface area contributed by atoms with Crippen molar-refractivity contribution in [2.24, 2.45) is 0 Å². The predicted molar refractivity (Wildman–Crippen MR) is 27.9 cm³/mol. The van der Waals surface area contributed by atoms with E-state index in [9.17, 15) is 22.0 Å². The Labute approximate surface area is 64.5 Å². The number of aromatic hydroxyl groups is 1. The smallest absolute Gasteiger partial charge is 0.293 e. The fourth-order valence-electron chi connectivity index (χ4n) is 0.585. The van der Waals surface area contributed by atoms with Gasteiger partial charge in [-0.15, -0.1) is 0 Å². The third-order valence-electron chi connectivity index (χ3n) is 1.17. The summed E-state index contributed by atoms with van der Waals surface area (Å²) in [5, 5.41) is 3.25. The highest BCUT2D eigenvalue weighted by atomic mass is 19.2. The van der Waals surface area contributed by atoms with E-state index in [2.05, 4.69) is 5.11 Å². The largest absolute Gasteiger partial charge is 0.503 e. The Bertz CT molecular complexity index is 324. The highest BCUT2D eigenvalue weighted by Crippen LogP contribution is 2.27. The zero-order valence-electron chi connectivity index (χ0n) is 6.30. The van der Waals surface area contributed by atoms with E-state index in [1.807, 2.05) is 0 Å². The zero-order chi connectivity index (χ0) is 10.2. The molecule has 0 aliphatic rings. The molecule has 0 heterocycles. The SMILES string of the molecule is [2H]Oc1c(F)c(F)c(F)c(F)c1F. The molecule has 0 aliphatic carbocycles. The fraction of sp³-hybridized carbons (Fsp3) is 0. The summed E-state index contributed by atoms with van der Waals surface area (Å²) in [7, 11) is 0. The van der Waals surface area contributed by atoms with E-state index in [0.717, 1.165) is 0 Å². The van der Waals surface area contributed by atoms with Crippen LogP contribution in [-0.2, 0) is 0 Å². The summed E-state index contributed by atoms with van der Waals surface area (Å²) in [5.41, 5.74) is 0. The first-order valence-corrected chi connectivity index (χ1v) is 2.65. The van der Waals surface area contributed by atoms with E-state index < -0.39 is 34.8 Å². The maximum atomic E-state index is 12.4. The lowest BCUT2D eigenvalue weighted by Crippen LogP contribution is -2.00. The van der Waals surface area contributed by atoms with Gasteiger partial charge in [-0.1, -0.05) is 0 Å². The Morgan fingerprint density at radius 2 is 1.08 bits per heavy atom. The Kier molecular flexibility index (Phi) is 1.60. The van der Waals surface area contributed by atoms with Crippen molar-refractivity contribution in [2.45, 2.75) is 0 Å². The van der Waals surface area contributed by atoms with Gasteiger partial charge in [0.15, 0.2) is 5.75 Å². The van der Waals surface area contributed by atoms with Crippen molar-refractivity contribution in [3.05, 3.63) is 29.1 Å². The zero-order valence-corrected chi connectivity index (χ0v) is 5.30. The van der Waals surface area contributed by atoms with Gasteiger partial charge in [0.2, 0.25) is 29.1 Å². The van der Waals surface area contributed by atoms with Gasteiger partial charge in [0, 0.05) is 0 Å². The average Bonchev–Trinajstić information content (AvgIpc) is 2.13. The van der Waals surface area contributed by atoms with E-state index in [0.29, 0.717) is 0 Å². The molecule has 1 aromatic rings. The van der Waals surface area contributed by atoms with Crippen molar-refractivity contribution in [2.75, 3.05) is 0 Å². The first-order chi connectivity index (χ1) is 6.00. The van der Waals surface area contributed by atoms with Crippen LogP contribution in [-0.4, -0.2) is 6.54 Å². The summed E-state index contributed by atoms with van der Waals surface area (Å²) in [6.07, 6.45) is 0. The van der Waals surface area contributed by atoms with Crippen LogP contribution < -0.4 is 0 Å². The molecule has 1 N–H and O–H groups in total. The lowest BCUT2D eigenvalue weighted by Gasteiger charge is -2.00. The number of phenolic OH excluding ortho intramolecular Hbond substituents is 1. The molecular formula is C6HF5O. The topological polar surface area (TPSA) is 20.2 Å². The average molecular weight is 185 g/mol. The van der Waals surface area contributed by atoms with Crippen LogP contribution in [0.25, 0.3) is 0 Å². The van der Waals surface area contributed by atoms with Crippen molar-refractivity contribution in [3.63, 3.8) is 0 Å². The standard InChI is InChI=1S/C6HF5O/c7-1-2(8)4(10)6(12)5(11)3(1)9/h12H/i/hD. The lowest BCUT2D eigenvalue weighted by molar-refractivity contribution is 0.325. The molecule has 0 amide bonds. The molecule has 0 spiro atoms. The molecule has 6 heteroatoms. The second-order valence-corrected chi connectivity index (χ2v) is 1.90. The number of halogens is 5. The minimum Gasteiger partial charge on any atom is -0.503 e. The molecule has 0 saturated heterocycles. The summed E-state index contributed by atoms with van der Waals surface area (Å²) in [4.78, 5) is 0. The van der Waals surface area contributed by atoms with Crippen molar-refractivity contribution < 1.29 is 27.1 Å². The molecule has 0 aliphatic heterocycles. The molecule has 0 bridgehead atoms. The maximum absolute atomic E-state index is 12.4. The van der Waals surface area contributed by atoms with Crippen molar-refractivity contribution in [1.82, 2.24) is 0 Å². The lowest BCUT2D eigenvalue weighted by atomic mass is 10.3. The molecule has 66 valence electrons. The quantitative estimate of drug-likeness (QED) is 0.403. The van der Waals surface area contributed by atoms with Crippen LogP contribution in [0, 0.1) is 29.1 Å². The van der Waals surface area contributed by atoms with Gasteiger partial charge in [0.05, 0.1) is 0 Å². The molecule has 1 nitrogen and oxygen atoms in total. The van der Waals surface area contributed by atoms with E-state index in [1.54, 1.807) is 0 Å². The van der Waals surface area contributed by atoms with E-state index in [4.69, 9.17) is 1.43 Å². The summed E-state index contributed by atoms with van der Waals surface area (Å²) in [5.74, 6) is -12.5. The van der Waals surface area contributed by atoms with Gasteiger partial charge in [-0.2, -0.15) is 8.78 Å². The highest BCUT2D eigenvalue weighted by molar-refractivity contribution is 5.27. The first-order valence-electron chi connectivity index (χ1n) is 3.06. The Morgan fingerprint density at radius 1 is 0.750 bits per heavy atom. The van der Waals surface area contributed by atoms with Crippen LogP contribution in [0.4, 0.5) is 22.0 Å². The van der Waals surface area contributed by atoms with Crippen LogP contribution in [0.15, 0.2) is 0 Å². The molecule has 1 rings (SSSR count). The first kappa shape index (κ1) is 7.33. The van der Waals surface area contributed by atoms with E-state index >= 15 is 0 Å². The second-order valence-electron chi connectivity index (χ2n) is 1.90. The van der Waals surface area contributed by atoms with Gasteiger partial charge in [-0.05, 0) is 0 Å². The molecule has 12 heavy (non-hydrogen) atoms. The number of hydrogen-bond acceptors (Lipinski definition) is 1. The molecule has 0 saturated carbocycles. The summed E-state index contributed by atoms with van der Waals surface area (Å²) < 4.78 is 67.7. The van der Waals surface area contributed by atoms with Gasteiger partial charge in [0.1, 0.15) is 0 Å². The van der Waals surface area contributed by atoms with Crippen LogP contribution in [0.5, 0.6) is 5.75 Å². The van der Waals surface area contributed by atoms with Gasteiger partial charge >= 0.3 is 0 Å². The van der Waals surface area contributed by atoms with Crippen molar-refractivity contribution in [3.8, 4) is 5.75 Å². The predicted octanol–water partition coefficient (Wildman–Crippen LogP) is 2.09. The normalized spacial score (nSPS) is 11.2. The summed E-state index contributed by atoms with van der Waals surface area (Å²) in [6, 6.07) is 0. The number of rotatable bonds is 1. The summed E-state index contributed by atoms with van der Waals surface area (Å²) >= 11 is 0. The molecule has 0 atom stereocenters. The Balaban J connectivity index is 3.56. The Morgan fingerprint density at radius 3 is 1.42 bits per heavy atom. The van der Waals surface area contributed by atoms with Gasteiger partial charge in [-0.3, -0.25) is 0 Å². The van der Waals surface area contributed by atoms with E-state index in [1.165, 1.54) is 0 Å². The molecule has 0 fully saturated rings. The minimum atomic E-state index is -2.28. The molecule has 0 radical (unpaired) electrons. The van der Waals surface area contributed by atoms with Crippen molar-refractivity contribution in [1.29, 1.82) is 1.43 Å². The van der Waals surface area contributed by atoms with Crippen LogP contribution in [0.1, 0.15) is 0 Å². The minimum absolute atomic E-state index is 1.61. The molecule has 0 aromatic heterocycles. The third kappa shape index (κ3) is 0.992. The maximum Gasteiger partial charge on any atom is 0.293 e. The molecule has 1 aromatic carbocycles. The van der Waals surface area contributed by atoms with Gasteiger partial charge < -0.3 is 5.11 Å². The van der Waals surface area contributed by atoms with Crippen LogP contribution in [0.3, 0.4) is 0 Å². The number of benzene rings is 1. The third-order valence-corrected chi connectivity index (χ3v) is 1.17. The number of phenols is 1. The van der Waals surface area contributed by atoms with Crippen LogP contribution in [0.2, 0.25) is 0 Å². The highest BCUT2D eigenvalue weighted by Gasteiger charge is 2.24. The fourth-order valence-corrected chi connectivity index (χ4v) is 0.585. The molecular weight excluding hydrogens is 183 g/mol. The molecule has 0 unspecified atom stereocenters. The second kappa shape index (κ2) is 2.62. The van der Waals surface area contributed by atoms with Gasteiger partial charge in [-0.25, -0.2) is 13.2 Å². The monoisotopic (exact) mass is 185 g/mol. The van der Waals surface area contributed by atoms with Crippen LogP contribution >= 0.6 is 0 Å².